The minimum atomic E-state index is -0.368. The first kappa shape index (κ1) is 25.9. The highest BCUT2D eigenvalue weighted by atomic mass is 35.5. The van der Waals surface area contributed by atoms with E-state index in [9.17, 15) is 9.59 Å². The number of amides is 2. The molecule has 194 valence electrons. The molecule has 3 aromatic rings. The van der Waals surface area contributed by atoms with Gasteiger partial charge in [-0.3, -0.25) is 9.59 Å². The molecule has 0 aliphatic carbocycles. The van der Waals surface area contributed by atoms with Crippen LogP contribution in [0.2, 0.25) is 5.02 Å². The molecule has 2 N–H and O–H groups in total. The van der Waals surface area contributed by atoms with Crippen molar-refractivity contribution in [2.45, 2.75) is 19.4 Å². The van der Waals surface area contributed by atoms with Crippen molar-refractivity contribution < 1.29 is 14.3 Å². The maximum absolute atomic E-state index is 13.8. The zero-order chi connectivity index (χ0) is 26.6. The number of carbonyl (C=O) groups is 2. The van der Waals surface area contributed by atoms with E-state index in [-0.39, 0.29) is 17.9 Å². The number of fused-ring (bicyclic) bond motifs is 1. The number of anilines is 2. The number of halogens is 1. The lowest BCUT2D eigenvalue weighted by atomic mass is 9.93. The standard InChI is InChI=1S/C29H27ClN4O3S/c1-18-25(28(36)33-23-12-3-4-13-24(23)37-2)26(34-14-7-15-38-29(34)31-18)19-8-6-11-22(17-19)32-27(35)20-9-5-10-21(30)16-20/h3-6,8-13,16-17,26H,7,14-15H2,1-2H3,(H,32,35)(H,33,36)/t26-/m0/s1. The number of aliphatic imine (C=N–C) groups is 1. The quantitative estimate of drug-likeness (QED) is 0.376. The molecule has 38 heavy (non-hydrogen) atoms. The molecule has 2 aliphatic heterocycles. The van der Waals surface area contributed by atoms with Gasteiger partial charge in [0, 0.05) is 28.6 Å². The van der Waals surface area contributed by atoms with Gasteiger partial charge in [-0.25, -0.2) is 4.99 Å². The lowest BCUT2D eigenvalue weighted by molar-refractivity contribution is -0.113. The molecule has 1 fully saturated rings. The molecule has 0 bridgehead atoms. The van der Waals surface area contributed by atoms with Gasteiger partial charge in [0.2, 0.25) is 0 Å². The third-order valence-electron chi connectivity index (χ3n) is 6.41. The van der Waals surface area contributed by atoms with E-state index >= 15 is 0 Å². The van der Waals surface area contributed by atoms with Crippen LogP contribution in [-0.4, -0.2) is 41.3 Å². The maximum atomic E-state index is 13.8. The number of ether oxygens (including phenoxy) is 1. The zero-order valence-corrected chi connectivity index (χ0v) is 22.6. The van der Waals surface area contributed by atoms with Gasteiger partial charge in [-0.2, -0.15) is 0 Å². The fraction of sp³-hybridized carbons (Fsp3) is 0.207. The summed E-state index contributed by atoms with van der Waals surface area (Å²) in [6, 6.07) is 21.4. The lowest BCUT2D eigenvalue weighted by Crippen LogP contribution is -2.43. The highest BCUT2D eigenvalue weighted by molar-refractivity contribution is 8.13. The number of allylic oxidation sites excluding steroid dienone is 1. The summed E-state index contributed by atoms with van der Waals surface area (Å²) in [5.74, 6) is 1.05. The van der Waals surface area contributed by atoms with E-state index in [1.165, 1.54) is 0 Å². The monoisotopic (exact) mass is 546 g/mol. The molecule has 9 heteroatoms. The molecule has 2 amide bonds. The number of para-hydroxylation sites is 2. The minimum absolute atomic E-state index is 0.247. The number of benzene rings is 3. The molecule has 1 atom stereocenters. The van der Waals surface area contributed by atoms with Crippen LogP contribution in [0.3, 0.4) is 0 Å². The van der Waals surface area contributed by atoms with Gasteiger partial charge in [0.1, 0.15) is 5.75 Å². The fourth-order valence-corrected chi connectivity index (χ4v) is 5.87. The molecule has 0 saturated carbocycles. The van der Waals surface area contributed by atoms with Crippen molar-refractivity contribution >= 4 is 51.7 Å². The van der Waals surface area contributed by atoms with Gasteiger partial charge >= 0.3 is 0 Å². The van der Waals surface area contributed by atoms with Crippen molar-refractivity contribution in [2.24, 2.45) is 4.99 Å². The molecule has 0 unspecified atom stereocenters. The van der Waals surface area contributed by atoms with Crippen molar-refractivity contribution in [1.82, 2.24) is 4.90 Å². The minimum Gasteiger partial charge on any atom is -0.495 e. The Morgan fingerprint density at radius 2 is 1.84 bits per heavy atom. The Balaban J connectivity index is 1.49. The van der Waals surface area contributed by atoms with Crippen molar-refractivity contribution in [3.05, 3.63) is 100 Å². The zero-order valence-electron chi connectivity index (χ0n) is 21.0. The number of nitrogens with one attached hydrogen (secondary N) is 2. The highest BCUT2D eigenvalue weighted by Crippen LogP contribution is 2.40. The number of nitrogens with zero attached hydrogens (tertiary/aromatic N) is 2. The number of hydrogen-bond acceptors (Lipinski definition) is 6. The topological polar surface area (TPSA) is 83.0 Å². The SMILES string of the molecule is COc1ccccc1NC(=O)C1=C(C)N=C2SCCCN2[C@H]1c1cccc(NC(=O)c2cccc(Cl)c2)c1. The smallest absolute Gasteiger partial charge is 0.255 e. The summed E-state index contributed by atoms with van der Waals surface area (Å²) in [4.78, 5) is 33.6. The van der Waals surface area contributed by atoms with Gasteiger partial charge < -0.3 is 20.3 Å². The fourth-order valence-electron chi connectivity index (χ4n) is 4.66. The van der Waals surface area contributed by atoms with Crippen LogP contribution in [0.5, 0.6) is 5.75 Å². The number of amidine groups is 1. The van der Waals surface area contributed by atoms with Gasteiger partial charge in [0.25, 0.3) is 11.8 Å². The number of hydrogen-bond donors (Lipinski definition) is 2. The van der Waals surface area contributed by atoms with Crippen LogP contribution >= 0.6 is 23.4 Å². The molecular formula is C29H27ClN4O3S. The van der Waals surface area contributed by atoms with E-state index in [0.717, 1.165) is 29.4 Å². The van der Waals surface area contributed by atoms with Gasteiger partial charge in [-0.15, -0.1) is 0 Å². The largest absolute Gasteiger partial charge is 0.495 e. The molecule has 0 spiro atoms. The Hall–Kier alpha value is -3.75. The molecule has 0 aromatic heterocycles. The van der Waals surface area contributed by atoms with E-state index < -0.39 is 0 Å². The van der Waals surface area contributed by atoms with Crippen molar-refractivity contribution in [2.75, 3.05) is 30.0 Å². The lowest BCUT2D eigenvalue weighted by Gasteiger charge is -2.41. The number of methoxy groups -OCH3 is 1. The predicted molar refractivity (Wildman–Crippen MR) is 154 cm³/mol. The summed E-state index contributed by atoms with van der Waals surface area (Å²) in [6.07, 6.45) is 0.978. The Bertz CT molecular complexity index is 1450. The number of rotatable bonds is 6. The van der Waals surface area contributed by atoms with Gasteiger partial charge in [0.15, 0.2) is 5.17 Å². The Morgan fingerprint density at radius 3 is 2.66 bits per heavy atom. The average molecular weight is 547 g/mol. The van der Waals surface area contributed by atoms with Crippen LogP contribution in [0, 0.1) is 0 Å². The summed E-state index contributed by atoms with van der Waals surface area (Å²) in [7, 11) is 1.57. The average Bonchev–Trinajstić information content (AvgIpc) is 2.92. The van der Waals surface area contributed by atoms with Gasteiger partial charge in [-0.05, 0) is 61.4 Å². The van der Waals surface area contributed by atoms with Crippen LogP contribution < -0.4 is 15.4 Å². The highest BCUT2D eigenvalue weighted by Gasteiger charge is 2.37. The summed E-state index contributed by atoms with van der Waals surface area (Å²) >= 11 is 7.76. The molecule has 2 aliphatic rings. The summed E-state index contributed by atoms with van der Waals surface area (Å²) in [5, 5.41) is 7.38. The second-order valence-corrected chi connectivity index (χ2v) is 10.4. The third kappa shape index (κ3) is 5.42. The summed E-state index contributed by atoms with van der Waals surface area (Å²) in [6.45, 7) is 2.64. The second-order valence-electron chi connectivity index (χ2n) is 8.94. The first-order valence-electron chi connectivity index (χ1n) is 12.2. The third-order valence-corrected chi connectivity index (χ3v) is 7.72. The van der Waals surface area contributed by atoms with Crippen LogP contribution in [0.1, 0.15) is 35.3 Å². The van der Waals surface area contributed by atoms with Crippen LogP contribution in [-0.2, 0) is 4.79 Å². The van der Waals surface area contributed by atoms with Crippen molar-refractivity contribution in [3.8, 4) is 5.75 Å². The van der Waals surface area contributed by atoms with Crippen molar-refractivity contribution in [3.63, 3.8) is 0 Å². The second kappa shape index (κ2) is 11.3. The van der Waals surface area contributed by atoms with E-state index in [4.69, 9.17) is 21.3 Å². The Kier molecular flexibility index (Phi) is 7.72. The molecule has 1 saturated heterocycles. The van der Waals surface area contributed by atoms with Crippen molar-refractivity contribution in [1.29, 1.82) is 0 Å². The predicted octanol–water partition coefficient (Wildman–Crippen LogP) is 6.36. The van der Waals surface area contributed by atoms with Crippen LogP contribution in [0.25, 0.3) is 0 Å². The Morgan fingerprint density at radius 1 is 1.03 bits per heavy atom. The molecule has 3 aromatic carbocycles. The van der Waals surface area contributed by atoms with E-state index in [1.54, 1.807) is 49.2 Å². The van der Waals surface area contributed by atoms with Gasteiger partial charge in [-0.1, -0.05) is 53.7 Å². The van der Waals surface area contributed by atoms with Gasteiger partial charge in [0.05, 0.1) is 30.1 Å². The van der Waals surface area contributed by atoms with Crippen LogP contribution in [0.4, 0.5) is 11.4 Å². The number of thioether (sulfide) groups is 1. The van der Waals surface area contributed by atoms with E-state index in [1.807, 2.05) is 49.4 Å². The molecule has 0 radical (unpaired) electrons. The molecular weight excluding hydrogens is 520 g/mol. The normalized spacial score (nSPS) is 16.9. The first-order valence-corrected chi connectivity index (χ1v) is 13.6. The van der Waals surface area contributed by atoms with E-state index in [0.29, 0.717) is 39.0 Å². The number of carbonyl (C=O) groups excluding carboxylic acids is 2. The molecule has 7 nitrogen and oxygen atoms in total. The summed E-state index contributed by atoms with van der Waals surface area (Å²) < 4.78 is 5.43. The summed E-state index contributed by atoms with van der Waals surface area (Å²) in [5.41, 5.74) is 3.79. The maximum Gasteiger partial charge on any atom is 0.255 e. The van der Waals surface area contributed by atoms with E-state index in [2.05, 4.69) is 15.5 Å². The Labute approximate surface area is 230 Å². The van der Waals surface area contributed by atoms with Crippen LogP contribution in [0.15, 0.2) is 89.1 Å². The first-order chi connectivity index (χ1) is 18.4. The molecule has 2 heterocycles. The molecule has 5 rings (SSSR count).